The molecule has 0 atom stereocenters. The van der Waals surface area contributed by atoms with Gasteiger partial charge in [0.05, 0.1) is 0 Å². The van der Waals surface area contributed by atoms with Crippen LogP contribution >= 0.6 is 0 Å². The van der Waals surface area contributed by atoms with Gasteiger partial charge in [0.25, 0.3) is 0 Å². The topological polar surface area (TPSA) is 74.6 Å². The summed E-state index contributed by atoms with van der Waals surface area (Å²) < 4.78 is 2.18. The third-order valence-corrected chi connectivity index (χ3v) is 5.64. The van der Waals surface area contributed by atoms with E-state index in [-0.39, 0.29) is 5.91 Å². The van der Waals surface area contributed by atoms with Crippen molar-refractivity contribution in [3.8, 4) is 0 Å². The van der Waals surface area contributed by atoms with Crippen molar-refractivity contribution < 1.29 is 4.79 Å². The Morgan fingerprint density at radius 1 is 1.06 bits per heavy atom. The van der Waals surface area contributed by atoms with Crippen LogP contribution in [0, 0.1) is 0 Å². The minimum absolute atomic E-state index is 0.213. The Labute approximate surface area is 189 Å². The molecule has 0 spiro atoms. The van der Waals surface area contributed by atoms with Crippen LogP contribution in [-0.2, 0) is 24.3 Å². The van der Waals surface area contributed by atoms with Gasteiger partial charge in [-0.2, -0.15) is 0 Å². The van der Waals surface area contributed by atoms with Crippen molar-refractivity contribution in [1.82, 2.24) is 20.2 Å². The molecule has 0 saturated carbocycles. The molecule has 32 heavy (non-hydrogen) atoms. The van der Waals surface area contributed by atoms with Gasteiger partial charge >= 0.3 is 0 Å². The van der Waals surface area contributed by atoms with Crippen LogP contribution in [0.5, 0.6) is 0 Å². The summed E-state index contributed by atoms with van der Waals surface area (Å²) in [5.41, 5.74) is 3.38. The number of imidazole rings is 1. The Hall–Kier alpha value is -3.61. The lowest BCUT2D eigenvalue weighted by Gasteiger charge is -2.16. The third kappa shape index (κ3) is 5.55. The number of nitrogens with zero attached hydrogens (tertiary/aromatic N) is 4. The zero-order valence-corrected chi connectivity index (χ0v) is 18.5. The number of aliphatic imine (C=N–C) groups is 1. The monoisotopic (exact) mass is 430 g/mol. The SMILES string of the molecule is CN=C(NCCc1nccn1Cc1ccccc1)NCc1ccc(N2CCCC2=O)cc1. The van der Waals surface area contributed by atoms with Crippen molar-refractivity contribution in [2.24, 2.45) is 4.99 Å². The van der Waals surface area contributed by atoms with E-state index in [1.54, 1.807) is 7.05 Å². The van der Waals surface area contributed by atoms with Gasteiger partial charge in [0.15, 0.2) is 5.96 Å². The van der Waals surface area contributed by atoms with Crippen LogP contribution in [0.2, 0.25) is 0 Å². The van der Waals surface area contributed by atoms with Gasteiger partial charge in [-0.25, -0.2) is 4.98 Å². The fourth-order valence-electron chi connectivity index (χ4n) is 3.91. The Balaban J connectivity index is 1.24. The highest BCUT2D eigenvalue weighted by atomic mass is 16.2. The molecule has 166 valence electrons. The summed E-state index contributed by atoms with van der Waals surface area (Å²) in [5, 5.41) is 6.71. The zero-order chi connectivity index (χ0) is 22.2. The highest BCUT2D eigenvalue weighted by Gasteiger charge is 2.21. The molecular formula is C25H30N6O. The molecule has 1 fully saturated rings. The standard InChI is InChI=1S/C25H30N6O/c1-26-25(29-18-20-9-11-22(12-10-20)31-16-5-8-24(31)32)28-14-13-23-27-15-17-30(23)19-21-6-3-2-4-7-21/h2-4,6-7,9-12,15,17H,5,8,13-14,16,18-19H2,1H3,(H2,26,28,29). The normalized spacial score (nSPS) is 14.1. The summed E-state index contributed by atoms with van der Waals surface area (Å²) in [4.78, 5) is 22.6. The Morgan fingerprint density at radius 2 is 1.88 bits per heavy atom. The summed E-state index contributed by atoms with van der Waals surface area (Å²) in [6, 6.07) is 18.6. The molecule has 7 heteroatoms. The van der Waals surface area contributed by atoms with Gasteiger partial charge < -0.3 is 20.1 Å². The first-order valence-electron chi connectivity index (χ1n) is 11.1. The van der Waals surface area contributed by atoms with Gasteiger partial charge in [-0.1, -0.05) is 42.5 Å². The molecule has 3 aromatic rings. The molecule has 0 unspecified atom stereocenters. The van der Waals surface area contributed by atoms with Gasteiger partial charge in [0.2, 0.25) is 5.91 Å². The maximum atomic E-state index is 11.9. The third-order valence-electron chi connectivity index (χ3n) is 5.64. The summed E-state index contributed by atoms with van der Waals surface area (Å²) in [6.45, 7) is 3.04. The molecule has 0 radical (unpaired) electrons. The number of rotatable bonds is 8. The van der Waals surface area contributed by atoms with E-state index in [0.717, 1.165) is 55.5 Å². The van der Waals surface area contributed by atoms with E-state index in [2.05, 4.69) is 61.6 Å². The first kappa shape index (κ1) is 21.6. The number of carbonyl (C=O) groups excluding carboxylic acids is 1. The Morgan fingerprint density at radius 3 is 2.59 bits per heavy atom. The van der Waals surface area contributed by atoms with Gasteiger partial charge in [-0.05, 0) is 29.7 Å². The van der Waals surface area contributed by atoms with Crippen molar-refractivity contribution in [2.75, 3.05) is 25.0 Å². The molecule has 0 bridgehead atoms. The fourth-order valence-corrected chi connectivity index (χ4v) is 3.91. The van der Waals surface area contributed by atoms with E-state index in [9.17, 15) is 4.79 Å². The predicted octanol–water partition coefficient (Wildman–Crippen LogP) is 2.97. The van der Waals surface area contributed by atoms with E-state index >= 15 is 0 Å². The second-order valence-electron chi connectivity index (χ2n) is 7.87. The van der Waals surface area contributed by atoms with Crippen molar-refractivity contribution in [2.45, 2.75) is 32.4 Å². The number of amides is 1. The lowest BCUT2D eigenvalue weighted by Crippen LogP contribution is -2.38. The summed E-state index contributed by atoms with van der Waals surface area (Å²) in [7, 11) is 1.77. The molecule has 1 aliphatic rings. The number of carbonyl (C=O) groups is 1. The molecule has 2 aromatic carbocycles. The predicted molar refractivity (Wildman–Crippen MR) is 128 cm³/mol. The lowest BCUT2D eigenvalue weighted by molar-refractivity contribution is -0.117. The molecule has 7 nitrogen and oxygen atoms in total. The molecule has 4 rings (SSSR count). The van der Waals surface area contributed by atoms with Gasteiger partial charge in [0.1, 0.15) is 5.82 Å². The molecule has 1 amide bonds. The molecule has 0 aliphatic carbocycles. The minimum Gasteiger partial charge on any atom is -0.356 e. The van der Waals surface area contributed by atoms with Crippen LogP contribution in [0.4, 0.5) is 5.69 Å². The van der Waals surface area contributed by atoms with Crippen LogP contribution in [0.25, 0.3) is 0 Å². The van der Waals surface area contributed by atoms with E-state index in [1.807, 2.05) is 35.5 Å². The van der Waals surface area contributed by atoms with Crippen LogP contribution in [0.1, 0.15) is 29.8 Å². The maximum Gasteiger partial charge on any atom is 0.227 e. The molecule has 1 saturated heterocycles. The highest BCUT2D eigenvalue weighted by molar-refractivity contribution is 5.95. The molecule has 2 heterocycles. The maximum absolute atomic E-state index is 11.9. The lowest BCUT2D eigenvalue weighted by atomic mass is 10.2. The Bertz CT molecular complexity index is 1040. The van der Waals surface area contributed by atoms with Crippen LogP contribution in [0.3, 0.4) is 0 Å². The van der Waals surface area contributed by atoms with E-state index in [1.165, 1.54) is 5.56 Å². The number of benzene rings is 2. The zero-order valence-electron chi connectivity index (χ0n) is 18.5. The van der Waals surface area contributed by atoms with Crippen molar-refractivity contribution in [1.29, 1.82) is 0 Å². The summed E-state index contributed by atoms with van der Waals surface area (Å²) in [6.07, 6.45) is 6.27. The first-order chi connectivity index (χ1) is 15.7. The van der Waals surface area contributed by atoms with Crippen LogP contribution in [0.15, 0.2) is 72.0 Å². The molecule has 1 aromatic heterocycles. The van der Waals surface area contributed by atoms with Gasteiger partial charge in [-0.3, -0.25) is 9.79 Å². The molecule has 1 aliphatic heterocycles. The van der Waals surface area contributed by atoms with Gasteiger partial charge in [-0.15, -0.1) is 0 Å². The van der Waals surface area contributed by atoms with Crippen LogP contribution in [-0.4, -0.2) is 41.6 Å². The molecular weight excluding hydrogens is 400 g/mol. The van der Waals surface area contributed by atoms with Crippen molar-refractivity contribution >= 4 is 17.6 Å². The van der Waals surface area contributed by atoms with Crippen molar-refractivity contribution in [3.05, 3.63) is 83.9 Å². The second kappa shape index (κ2) is 10.6. The number of nitrogens with one attached hydrogen (secondary N) is 2. The van der Waals surface area contributed by atoms with Crippen LogP contribution < -0.4 is 15.5 Å². The quantitative estimate of drug-likeness (QED) is 0.426. The number of hydrogen-bond acceptors (Lipinski definition) is 3. The van der Waals surface area contributed by atoms with Gasteiger partial charge in [0, 0.05) is 64.1 Å². The first-order valence-corrected chi connectivity index (χ1v) is 11.1. The number of aromatic nitrogens is 2. The smallest absolute Gasteiger partial charge is 0.227 e. The number of anilines is 1. The average Bonchev–Trinajstić information content (AvgIpc) is 3.46. The number of guanidine groups is 1. The average molecular weight is 431 g/mol. The highest BCUT2D eigenvalue weighted by Crippen LogP contribution is 2.21. The minimum atomic E-state index is 0.213. The molecule has 2 N–H and O–H groups in total. The Kier molecular flexibility index (Phi) is 7.17. The summed E-state index contributed by atoms with van der Waals surface area (Å²) >= 11 is 0. The summed E-state index contributed by atoms with van der Waals surface area (Å²) in [5.74, 6) is 2.01. The largest absolute Gasteiger partial charge is 0.356 e. The van der Waals surface area contributed by atoms with E-state index in [4.69, 9.17) is 0 Å². The fraction of sp³-hybridized carbons (Fsp3) is 0.320. The van der Waals surface area contributed by atoms with E-state index < -0.39 is 0 Å². The second-order valence-corrected chi connectivity index (χ2v) is 7.87. The number of hydrogen-bond donors (Lipinski definition) is 2. The van der Waals surface area contributed by atoms with E-state index in [0.29, 0.717) is 13.0 Å². The van der Waals surface area contributed by atoms with Crippen molar-refractivity contribution in [3.63, 3.8) is 0 Å².